The highest BCUT2D eigenvalue weighted by Crippen LogP contribution is 2.23. The molecule has 24 heavy (non-hydrogen) atoms. The fourth-order valence-electron chi connectivity index (χ4n) is 2.88. The second kappa shape index (κ2) is 7.53. The molecule has 1 saturated heterocycles. The molecule has 1 aliphatic heterocycles. The number of carbonyl (C=O) groups is 1. The van der Waals surface area contributed by atoms with Crippen molar-refractivity contribution in [1.29, 1.82) is 0 Å². The highest BCUT2D eigenvalue weighted by atomic mass is 32.2. The van der Waals surface area contributed by atoms with E-state index in [1.807, 2.05) is 4.90 Å². The molecule has 0 atom stereocenters. The minimum Gasteiger partial charge on any atom is -0.325 e. The number of anilines is 1. The summed E-state index contributed by atoms with van der Waals surface area (Å²) in [5, 5.41) is 2.84. The van der Waals surface area contributed by atoms with Crippen LogP contribution in [0.5, 0.6) is 0 Å². The molecule has 2 fully saturated rings. The Balaban J connectivity index is 1.66. The van der Waals surface area contributed by atoms with Gasteiger partial charge < -0.3 is 10.2 Å². The highest BCUT2D eigenvalue weighted by Gasteiger charge is 2.28. The summed E-state index contributed by atoms with van der Waals surface area (Å²) in [6.45, 7) is 1.51. The summed E-state index contributed by atoms with van der Waals surface area (Å²) in [6.07, 6.45) is 7.38. The van der Waals surface area contributed by atoms with Gasteiger partial charge in [-0.25, -0.2) is 17.9 Å². The number of nitrogens with zero attached hydrogens (tertiary/aromatic N) is 1. The van der Waals surface area contributed by atoms with E-state index in [0.29, 0.717) is 5.69 Å². The molecule has 1 aromatic carbocycles. The molecule has 0 spiro atoms. The molecule has 0 radical (unpaired) electrons. The van der Waals surface area contributed by atoms with E-state index in [1.54, 1.807) is 18.2 Å². The number of rotatable bonds is 4. The van der Waals surface area contributed by atoms with Crippen molar-refractivity contribution in [3.05, 3.63) is 24.3 Å². The van der Waals surface area contributed by atoms with Crippen LogP contribution in [0.3, 0.4) is 0 Å². The number of nitrogens with one attached hydrogen (secondary N) is 2. The molecule has 2 N–H and O–H groups in total. The number of sulfonamides is 1. The Morgan fingerprint density at radius 2 is 1.71 bits per heavy atom. The first-order valence-corrected chi connectivity index (χ1v) is 10.2. The third kappa shape index (κ3) is 4.70. The van der Waals surface area contributed by atoms with Crippen molar-refractivity contribution >= 4 is 21.7 Å². The van der Waals surface area contributed by atoms with Crippen LogP contribution in [0.1, 0.15) is 44.9 Å². The zero-order chi connectivity index (χ0) is 17.0. The van der Waals surface area contributed by atoms with E-state index in [0.717, 1.165) is 51.6 Å². The summed E-state index contributed by atoms with van der Waals surface area (Å²) in [4.78, 5) is 14.4. The summed E-state index contributed by atoms with van der Waals surface area (Å²) in [7, 11) is -3.51. The number of carbonyl (C=O) groups excluding carboxylic acids is 1. The normalized spacial score (nSPS) is 19.4. The standard InChI is InChI=1S/C17H25N3O3S/c21-17(20-11-4-2-1-3-5-12-20)18-15-7-6-8-16(13-15)24(22,23)19-14-9-10-14/h6-8,13-14,19H,1-5,9-12H2,(H,18,21). The van der Waals surface area contributed by atoms with Crippen molar-refractivity contribution in [2.45, 2.75) is 55.9 Å². The number of urea groups is 1. The topological polar surface area (TPSA) is 78.5 Å². The van der Waals surface area contributed by atoms with Crippen LogP contribution >= 0.6 is 0 Å². The second-order valence-corrected chi connectivity index (χ2v) is 8.32. The fourth-order valence-corrected chi connectivity index (χ4v) is 4.23. The lowest BCUT2D eigenvalue weighted by Gasteiger charge is -2.25. The summed E-state index contributed by atoms with van der Waals surface area (Å²) in [5.41, 5.74) is 0.515. The molecular weight excluding hydrogens is 326 g/mol. The number of benzene rings is 1. The Labute approximate surface area is 143 Å². The van der Waals surface area contributed by atoms with Gasteiger partial charge in [-0.1, -0.05) is 25.3 Å². The van der Waals surface area contributed by atoms with Gasteiger partial charge in [-0.3, -0.25) is 0 Å². The molecule has 132 valence electrons. The average molecular weight is 351 g/mol. The van der Waals surface area contributed by atoms with Crippen molar-refractivity contribution < 1.29 is 13.2 Å². The monoisotopic (exact) mass is 351 g/mol. The minimum atomic E-state index is -3.51. The van der Waals surface area contributed by atoms with E-state index in [-0.39, 0.29) is 17.0 Å². The van der Waals surface area contributed by atoms with Gasteiger partial charge in [0.2, 0.25) is 10.0 Å². The van der Waals surface area contributed by atoms with Crippen LogP contribution in [-0.4, -0.2) is 38.5 Å². The smallest absolute Gasteiger partial charge is 0.321 e. The third-order valence-corrected chi connectivity index (χ3v) is 5.96. The zero-order valence-corrected chi connectivity index (χ0v) is 14.6. The number of hydrogen-bond acceptors (Lipinski definition) is 3. The Kier molecular flexibility index (Phi) is 5.40. The lowest BCUT2D eigenvalue weighted by molar-refractivity contribution is 0.206. The molecule has 1 aliphatic carbocycles. The van der Waals surface area contributed by atoms with Gasteiger partial charge in [-0.15, -0.1) is 0 Å². The largest absolute Gasteiger partial charge is 0.325 e. The molecule has 6 nitrogen and oxygen atoms in total. The predicted octanol–water partition coefficient (Wildman–Crippen LogP) is 2.93. The Bertz CT molecular complexity index is 678. The van der Waals surface area contributed by atoms with Crippen molar-refractivity contribution in [3.8, 4) is 0 Å². The van der Waals surface area contributed by atoms with E-state index in [1.165, 1.54) is 12.5 Å². The first-order valence-electron chi connectivity index (χ1n) is 8.73. The molecule has 0 unspecified atom stereocenters. The SMILES string of the molecule is O=C(Nc1cccc(S(=O)(=O)NC2CC2)c1)N1CCCCCCC1. The maximum absolute atomic E-state index is 12.4. The van der Waals surface area contributed by atoms with Gasteiger partial charge in [0, 0.05) is 24.8 Å². The molecule has 0 bridgehead atoms. The molecule has 0 aromatic heterocycles. The Hall–Kier alpha value is -1.60. The minimum absolute atomic E-state index is 0.0642. The second-order valence-electron chi connectivity index (χ2n) is 6.61. The van der Waals surface area contributed by atoms with Crippen LogP contribution in [0.4, 0.5) is 10.5 Å². The molecule has 1 heterocycles. The van der Waals surface area contributed by atoms with Gasteiger partial charge in [0.25, 0.3) is 0 Å². The van der Waals surface area contributed by atoms with Crippen molar-refractivity contribution in [1.82, 2.24) is 9.62 Å². The van der Waals surface area contributed by atoms with Gasteiger partial charge in [0.1, 0.15) is 0 Å². The van der Waals surface area contributed by atoms with Crippen LogP contribution in [0.2, 0.25) is 0 Å². The molecular formula is C17H25N3O3S. The fraction of sp³-hybridized carbons (Fsp3) is 0.588. The predicted molar refractivity (Wildman–Crippen MR) is 93.5 cm³/mol. The van der Waals surface area contributed by atoms with Gasteiger partial charge in [-0.2, -0.15) is 0 Å². The quantitative estimate of drug-likeness (QED) is 0.875. The molecule has 1 saturated carbocycles. The van der Waals surface area contributed by atoms with Crippen LogP contribution in [0.25, 0.3) is 0 Å². The van der Waals surface area contributed by atoms with Gasteiger partial charge in [0.05, 0.1) is 4.90 Å². The maximum atomic E-state index is 12.4. The van der Waals surface area contributed by atoms with E-state index in [9.17, 15) is 13.2 Å². The Morgan fingerprint density at radius 1 is 1.04 bits per heavy atom. The molecule has 1 aromatic rings. The summed E-state index contributed by atoms with van der Waals surface area (Å²) >= 11 is 0. The molecule has 3 rings (SSSR count). The first-order chi connectivity index (χ1) is 11.5. The van der Waals surface area contributed by atoms with Crippen LogP contribution < -0.4 is 10.0 Å². The van der Waals surface area contributed by atoms with Crippen molar-refractivity contribution in [3.63, 3.8) is 0 Å². The summed E-state index contributed by atoms with van der Waals surface area (Å²) in [6, 6.07) is 6.36. The highest BCUT2D eigenvalue weighted by molar-refractivity contribution is 7.89. The van der Waals surface area contributed by atoms with E-state index in [2.05, 4.69) is 10.0 Å². The van der Waals surface area contributed by atoms with E-state index < -0.39 is 10.0 Å². The number of likely N-dealkylation sites (tertiary alicyclic amines) is 1. The van der Waals surface area contributed by atoms with Crippen molar-refractivity contribution in [2.24, 2.45) is 0 Å². The summed E-state index contributed by atoms with van der Waals surface area (Å²) < 4.78 is 27.2. The summed E-state index contributed by atoms with van der Waals surface area (Å²) in [5.74, 6) is 0. The van der Waals surface area contributed by atoms with Gasteiger partial charge in [0.15, 0.2) is 0 Å². The number of hydrogen-bond donors (Lipinski definition) is 2. The van der Waals surface area contributed by atoms with E-state index >= 15 is 0 Å². The lowest BCUT2D eigenvalue weighted by atomic mass is 10.1. The first kappa shape index (κ1) is 17.2. The molecule has 2 aliphatic rings. The van der Waals surface area contributed by atoms with Crippen molar-refractivity contribution in [2.75, 3.05) is 18.4 Å². The lowest BCUT2D eigenvalue weighted by Crippen LogP contribution is -2.37. The van der Waals surface area contributed by atoms with Gasteiger partial charge >= 0.3 is 6.03 Å². The zero-order valence-electron chi connectivity index (χ0n) is 13.8. The Morgan fingerprint density at radius 3 is 2.38 bits per heavy atom. The number of amides is 2. The average Bonchev–Trinajstić information content (AvgIpc) is 3.30. The van der Waals surface area contributed by atoms with Gasteiger partial charge in [-0.05, 0) is 43.9 Å². The van der Waals surface area contributed by atoms with Crippen LogP contribution in [0.15, 0.2) is 29.2 Å². The maximum Gasteiger partial charge on any atom is 0.321 e. The third-order valence-electron chi connectivity index (χ3n) is 4.44. The molecule has 2 amide bonds. The van der Waals surface area contributed by atoms with E-state index in [4.69, 9.17) is 0 Å². The van der Waals surface area contributed by atoms with Crippen LogP contribution in [-0.2, 0) is 10.0 Å². The van der Waals surface area contributed by atoms with Crippen LogP contribution in [0, 0.1) is 0 Å². The molecule has 7 heteroatoms.